The van der Waals surface area contributed by atoms with E-state index in [0.29, 0.717) is 18.7 Å². The minimum Gasteiger partial charge on any atom is -0.480 e. The number of carbonyl (C=O) groups excluding carboxylic acids is 1. The van der Waals surface area contributed by atoms with Crippen molar-refractivity contribution in [1.29, 1.82) is 0 Å². The van der Waals surface area contributed by atoms with Gasteiger partial charge in [0, 0.05) is 25.7 Å². The predicted octanol–water partition coefficient (Wildman–Crippen LogP) is 1.74. The summed E-state index contributed by atoms with van der Waals surface area (Å²) in [5.74, 6) is -0.989. The van der Waals surface area contributed by atoms with Crippen molar-refractivity contribution in [3.05, 3.63) is 42.5 Å². The molecular formula is C14H16N2O3. The van der Waals surface area contributed by atoms with E-state index in [1.165, 1.54) is 9.80 Å². The lowest BCUT2D eigenvalue weighted by Gasteiger charge is -2.27. The van der Waals surface area contributed by atoms with Gasteiger partial charge in [-0.1, -0.05) is 24.3 Å². The van der Waals surface area contributed by atoms with Gasteiger partial charge in [-0.3, -0.25) is 4.90 Å². The molecule has 0 spiro atoms. The number of carbonyl (C=O) groups is 2. The number of nitrogens with zero attached hydrogens (tertiary/aromatic N) is 2. The number of para-hydroxylation sites is 1. The van der Waals surface area contributed by atoms with Crippen molar-refractivity contribution in [2.45, 2.75) is 12.5 Å². The molecule has 5 nitrogen and oxygen atoms in total. The molecule has 0 fully saturated rings. The fourth-order valence-corrected chi connectivity index (χ4v) is 2.28. The summed E-state index contributed by atoms with van der Waals surface area (Å²) in [5.41, 5.74) is 1.56. The van der Waals surface area contributed by atoms with Crippen LogP contribution in [0.1, 0.15) is 5.56 Å². The lowest BCUT2D eigenvalue weighted by atomic mass is 10.1. The molecule has 1 aromatic rings. The number of hydrogen-bond donors (Lipinski definition) is 1. The van der Waals surface area contributed by atoms with Crippen LogP contribution in [0.25, 0.3) is 0 Å². The third-order valence-corrected chi connectivity index (χ3v) is 3.20. The summed E-state index contributed by atoms with van der Waals surface area (Å²) in [7, 11) is 1.63. The number of amides is 2. The van der Waals surface area contributed by atoms with Gasteiger partial charge in [-0.2, -0.15) is 0 Å². The maximum absolute atomic E-state index is 12.4. The number of carboxylic acids is 1. The summed E-state index contributed by atoms with van der Waals surface area (Å²) in [5, 5.41) is 9.28. The van der Waals surface area contributed by atoms with E-state index < -0.39 is 12.0 Å². The van der Waals surface area contributed by atoms with E-state index in [2.05, 4.69) is 6.58 Å². The van der Waals surface area contributed by atoms with Crippen LogP contribution >= 0.6 is 0 Å². The molecule has 0 saturated carbocycles. The van der Waals surface area contributed by atoms with E-state index in [0.717, 1.165) is 5.56 Å². The Kier molecular flexibility index (Phi) is 3.55. The molecule has 2 rings (SSSR count). The Balaban J connectivity index is 2.36. The maximum atomic E-state index is 12.4. The van der Waals surface area contributed by atoms with Gasteiger partial charge in [-0.15, -0.1) is 6.58 Å². The van der Waals surface area contributed by atoms with Crippen LogP contribution in [-0.4, -0.2) is 41.6 Å². The zero-order valence-electron chi connectivity index (χ0n) is 10.7. The number of hydrogen-bond acceptors (Lipinski definition) is 2. The Morgan fingerprint density at radius 3 is 2.84 bits per heavy atom. The third kappa shape index (κ3) is 2.31. The van der Waals surface area contributed by atoms with Crippen molar-refractivity contribution in [2.24, 2.45) is 0 Å². The van der Waals surface area contributed by atoms with Gasteiger partial charge in [-0.05, 0) is 11.6 Å². The van der Waals surface area contributed by atoms with Crippen LogP contribution in [0.5, 0.6) is 0 Å². The van der Waals surface area contributed by atoms with Crippen LogP contribution in [0.4, 0.5) is 10.5 Å². The van der Waals surface area contributed by atoms with Crippen LogP contribution in [0.15, 0.2) is 36.9 Å². The topological polar surface area (TPSA) is 60.9 Å². The molecule has 0 bridgehead atoms. The van der Waals surface area contributed by atoms with Crippen molar-refractivity contribution in [2.75, 3.05) is 18.5 Å². The average molecular weight is 260 g/mol. The van der Waals surface area contributed by atoms with Crippen LogP contribution in [-0.2, 0) is 11.2 Å². The zero-order valence-corrected chi connectivity index (χ0v) is 10.7. The molecule has 5 heteroatoms. The second-order valence-corrected chi connectivity index (χ2v) is 4.51. The van der Waals surface area contributed by atoms with E-state index in [1.807, 2.05) is 12.1 Å². The van der Waals surface area contributed by atoms with Gasteiger partial charge in [0.25, 0.3) is 0 Å². The van der Waals surface area contributed by atoms with Crippen molar-refractivity contribution >= 4 is 17.7 Å². The lowest BCUT2D eigenvalue weighted by molar-refractivity contribution is -0.138. The Labute approximate surface area is 111 Å². The second kappa shape index (κ2) is 5.14. The minimum atomic E-state index is -0.989. The largest absolute Gasteiger partial charge is 0.480 e. The molecule has 1 atom stereocenters. The third-order valence-electron chi connectivity index (χ3n) is 3.20. The number of carboxylic acid groups (broad SMARTS) is 1. The van der Waals surface area contributed by atoms with Gasteiger partial charge in [0.15, 0.2) is 0 Å². The first kappa shape index (κ1) is 13.1. The highest BCUT2D eigenvalue weighted by Gasteiger charge is 2.39. The summed E-state index contributed by atoms with van der Waals surface area (Å²) in [6.45, 7) is 3.96. The van der Waals surface area contributed by atoms with Crippen LogP contribution < -0.4 is 4.90 Å². The minimum absolute atomic E-state index is 0.322. The van der Waals surface area contributed by atoms with Crippen LogP contribution in [0, 0.1) is 0 Å². The standard InChI is InChI=1S/C14H16N2O3/c1-3-8-15(2)14(19)16-11-7-5-4-6-10(11)9-12(16)13(17)18/h3-7,12H,1,8-9H2,2H3,(H,17,18)/t12-/m0/s1. The fraction of sp³-hybridized carbons (Fsp3) is 0.286. The molecule has 0 saturated heterocycles. The Bertz CT molecular complexity index is 527. The number of urea groups is 1. The molecule has 1 aromatic carbocycles. The molecule has 19 heavy (non-hydrogen) atoms. The van der Waals surface area contributed by atoms with E-state index in [4.69, 9.17) is 0 Å². The SMILES string of the molecule is C=CCN(C)C(=O)N1c2ccccc2C[C@H]1C(=O)O. The van der Waals surface area contributed by atoms with E-state index in [1.54, 1.807) is 25.3 Å². The predicted molar refractivity (Wildman–Crippen MR) is 72.3 cm³/mol. The van der Waals surface area contributed by atoms with Gasteiger partial charge >= 0.3 is 12.0 Å². The summed E-state index contributed by atoms with van der Waals surface area (Å²) in [4.78, 5) is 26.5. The van der Waals surface area contributed by atoms with E-state index in [-0.39, 0.29) is 6.03 Å². The molecule has 0 aliphatic carbocycles. The highest BCUT2D eigenvalue weighted by molar-refractivity contribution is 6.01. The molecule has 0 unspecified atom stereocenters. The number of anilines is 1. The Hall–Kier alpha value is -2.30. The highest BCUT2D eigenvalue weighted by atomic mass is 16.4. The maximum Gasteiger partial charge on any atom is 0.327 e. The lowest BCUT2D eigenvalue weighted by Crippen LogP contribution is -2.48. The molecular weight excluding hydrogens is 244 g/mol. The molecule has 0 aromatic heterocycles. The van der Waals surface area contributed by atoms with Gasteiger partial charge in [0.1, 0.15) is 6.04 Å². The van der Waals surface area contributed by atoms with Gasteiger partial charge in [-0.25, -0.2) is 9.59 Å². The molecule has 0 radical (unpaired) electrons. The monoisotopic (exact) mass is 260 g/mol. The first-order valence-electron chi connectivity index (χ1n) is 6.02. The van der Waals surface area contributed by atoms with Crippen molar-refractivity contribution < 1.29 is 14.7 Å². The summed E-state index contributed by atoms with van der Waals surface area (Å²) >= 11 is 0. The molecule has 1 aliphatic rings. The number of rotatable bonds is 3. The smallest absolute Gasteiger partial charge is 0.327 e. The molecule has 1 aliphatic heterocycles. The first-order chi connectivity index (χ1) is 9.06. The number of benzene rings is 1. The average Bonchev–Trinajstić information content (AvgIpc) is 2.77. The molecule has 100 valence electrons. The number of fused-ring (bicyclic) bond motifs is 1. The second-order valence-electron chi connectivity index (χ2n) is 4.51. The highest BCUT2D eigenvalue weighted by Crippen LogP contribution is 2.32. The quantitative estimate of drug-likeness (QED) is 0.842. The van der Waals surface area contributed by atoms with E-state index in [9.17, 15) is 14.7 Å². The summed E-state index contributed by atoms with van der Waals surface area (Å²) < 4.78 is 0. The first-order valence-corrected chi connectivity index (χ1v) is 6.02. The van der Waals surface area contributed by atoms with Gasteiger partial charge in [0.05, 0.1) is 0 Å². The van der Waals surface area contributed by atoms with Crippen molar-refractivity contribution in [1.82, 2.24) is 4.90 Å². The van der Waals surface area contributed by atoms with Crippen molar-refractivity contribution in [3.63, 3.8) is 0 Å². The van der Waals surface area contributed by atoms with Crippen molar-refractivity contribution in [3.8, 4) is 0 Å². The van der Waals surface area contributed by atoms with Gasteiger partial charge in [0.2, 0.25) is 0 Å². The van der Waals surface area contributed by atoms with Gasteiger partial charge < -0.3 is 10.0 Å². The number of likely N-dealkylation sites (N-methyl/N-ethyl adjacent to an activating group) is 1. The Morgan fingerprint density at radius 1 is 1.53 bits per heavy atom. The molecule has 1 N–H and O–H groups in total. The normalized spacial score (nSPS) is 16.9. The summed E-state index contributed by atoms with van der Waals surface area (Å²) in [6, 6.07) is 6.12. The van der Waals surface area contributed by atoms with E-state index >= 15 is 0 Å². The van der Waals surface area contributed by atoms with Crippen LogP contribution in [0.3, 0.4) is 0 Å². The fourth-order valence-electron chi connectivity index (χ4n) is 2.28. The zero-order chi connectivity index (χ0) is 14.0. The summed E-state index contributed by atoms with van der Waals surface area (Å²) in [6.07, 6.45) is 1.95. The molecule has 1 heterocycles. The van der Waals surface area contributed by atoms with Crippen LogP contribution in [0.2, 0.25) is 0 Å². The number of aliphatic carboxylic acids is 1. The molecule has 2 amide bonds. The Morgan fingerprint density at radius 2 is 2.21 bits per heavy atom.